The van der Waals surface area contributed by atoms with Crippen LogP contribution < -0.4 is 0 Å². The molecule has 0 unspecified atom stereocenters. The summed E-state index contributed by atoms with van der Waals surface area (Å²) in [6, 6.07) is 11.8. The number of ketones is 1. The van der Waals surface area contributed by atoms with Crippen LogP contribution >= 0.6 is 11.6 Å². The van der Waals surface area contributed by atoms with E-state index in [1.54, 1.807) is 18.2 Å². The summed E-state index contributed by atoms with van der Waals surface area (Å²) in [6.07, 6.45) is -0.388. The number of phenols is 1. The van der Waals surface area contributed by atoms with Crippen molar-refractivity contribution < 1.29 is 19.8 Å². The smallest absolute Gasteiger partial charge is 0.303 e. The monoisotopic (exact) mass is 304 g/mol. The summed E-state index contributed by atoms with van der Waals surface area (Å²) >= 11 is 5.82. The molecule has 108 valence electrons. The van der Waals surface area contributed by atoms with Crippen molar-refractivity contribution in [2.24, 2.45) is 0 Å². The first-order valence-electron chi connectivity index (χ1n) is 6.31. The van der Waals surface area contributed by atoms with Gasteiger partial charge in [-0.2, -0.15) is 0 Å². The zero-order valence-corrected chi connectivity index (χ0v) is 11.8. The summed E-state index contributed by atoms with van der Waals surface area (Å²) in [5.41, 5.74) is 1.74. The van der Waals surface area contributed by atoms with E-state index in [1.807, 2.05) is 12.1 Å². The summed E-state index contributed by atoms with van der Waals surface area (Å²) in [5, 5.41) is 19.1. The molecule has 5 heteroatoms. The number of aromatic hydroxyl groups is 1. The predicted molar refractivity (Wildman–Crippen MR) is 79.8 cm³/mol. The predicted octanol–water partition coefficient (Wildman–Crippen LogP) is 3.76. The Morgan fingerprint density at radius 3 is 2.14 bits per heavy atom. The van der Waals surface area contributed by atoms with Crippen LogP contribution in [0.3, 0.4) is 0 Å². The third-order valence-electron chi connectivity index (χ3n) is 3.04. The highest BCUT2D eigenvalue weighted by Crippen LogP contribution is 2.28. The van der Waals surface area contributed by atoms with Gasteiger partial charge < -0.3 is 10.2 Å². The molecule has 2 N–H and O–H groups in total. The molecular formula is C16H13ClO4. The molecule has 2 rings (SSSR count). The highest BCUT2D eigenvalue weighted by molar-refractivity contribution is 6.30. The molecule has 0 aromatic heterocycles. The van der Waals surface area contributed by atoms with Gasteiger partial charge >= 0.3 is 5.97 Å². The van der Waals surface area contributed by atoms with E-state index in [0.717, 1.165) is 11.1 Å². The van der Waals surface area contributed by atoms with E-state index >= 15 is 0 Å². The van der Waals surface area contributed by atoms with Gasteiger partial charge in [0.15, 0.2) is 5.78 Å². The number of carbonyl (C=O) groups excluding carboxylic acids is 1. The molecule has 0 saturated heterocycles. The fourth-order valence-corrected chi connectivity index (χ4v) is 2.07. The van der Waals surface area contributed by atoms with Gasteiger partial charge in [0.2, 0.25) is 0 Å². The third kappa shape index (κ3) is 3.83. The largest absolute Gasteiger partial charge is 0.507 e. The standard InChI is InChI=1S/C16H13ClO4/c17-12-4-1-10(2-5-12)11-3-6-13(15(19)9-11)14(18)7-8-16(20)21/h1-6,9,19H,7-8H2,(H,20,21). The molecule has 4 nitrogen and oxygen atoms in total. The Kier molecular flexibility index (Phi) is 4.60. The van der Waals surface area contributed by atoms with Crippen LogP contribution in [0.4, 0.5) is 0 Å². The van der Waals surface area contributed by atoms with Crippen molar-refractivity contribution in [2.75, 3.05) is 0 Å². The minimum atomic E-state index is -1.04. The van der Waals surface area contributed by atoms with Gasteiger partial charge in [-0.1, -0.05) is 29.8 Å². The van der Waals surface area contributed by atoms with Crippen molar-refractivity contribution in [3.8, 4) is 16.9 Å². The summed E-state index contributed by atoms with van der Waals surface area (Å²) in [5.74, 6) is -1.59. The number of hydrogen-bond acceptors (Lipinski definition) is 3. The zero-order valence-electron chi connectivity index (χ0n) is 11.0. The van der Waals surface area contributed by atoms with Crippen LogP contribution in [-0.2, 0) is 4.79 Å². The molecule has 0 spiro atoms. The van der Waals surface area contributed by atoms with Crippen molar-refractivity contribution in [3.05, 3.63) is 53.1 Å². The fraction of sp³-hybridized carbons (Fsp3) is 0.125. The Hall–Kier alpha value is -2.33. The van der Waals surface area contributed by atoms with Gasteiger partial charge in [0.1, 0.15) is 5.75 Å². The Balaban J connectivity index is 2.23. The maximum absolute atomic E-state index is 11.8. The second-order valence-corrected chi connectivity index (χ2v) is 4.99. The molecule has 0 aliphatic heterocycles. The van der Waals surface area contributed by atoms with Gasteiger partial charge in [-0.3, -0.25) is 9.59 Å². The van der Waals surface area contributed by atoms with Crippen LogP contribution in [0.15, 0.2) is 42.5 Å². The first kappa shape index (κ1) is 15.1. The molecule has 21 heavy (non-hydrogen) atoms. The number of rotatable bonds is 5. The van der Waals surface area contributed by atoms with E-state index in [-0.39, 0.29) is 24.2 Å². The van der Waals surface area contributed by atoms with Crippen molar-refractivity contribution in [1.82, 2.24) is 0 Å². The molecule has 0 saturated carbocycles. The minimum Gasteiger partial charge on any atom is -0.507 e. The molecule has 2 aromatic carbocycles. The molecule has 2 aromatic rings. The first-order chi connectivity index (χ1) is 9.97. The third-order valence-corrected chi connectivity index (χ3v) is 3.29. The summed E-state index contributed by atoms with van der Waals surface area (Å²) in [7, 11) is 0. The van der Waals surface area contributed by atoms with Crippen molar-refractivity contribution in [2.45, 2.75) is 12.8 Å². The van der Waals surface area contributed by atoms with Gasteiger partial charge in [-0.15, -0.1) is 0 Å². The van der Waals surface area contributed by atoms with Gasteiger partial charge in [0.05, 0.1) is 12.0 Å². The van der Waals surface area contributed by atoms with Crippen LogP contribution in [0.5, 0.6) is 5.75 Å². The van der Waals surface area contributed by atoms with E-state index in [4.69, 9.17) is 16.7 Å². The number of carboxylic acids is 1. The minimum absolute atomic E-state index is 0.133. The topological polar surface area (TPSA) is 74.6 Å². The van der Waals surface area contributed by atoms with Gasteiger partial charge in [0.25, 0.3) is 0 Å². The van der Waals surface area contributed by atoms with Crippen LogP contribution in [0, 0.1) is 0 Å². The maximum Gasteiger partial charge on any atom is 0.303 e. The molecule has 0 heterocycles. The van der Waals surface area contributed by atoms with Crippen molar-refractivity contribution >= 4 is 23.4 Å². The van der Waals surface area contributed by atoms with Crippen molar-refractivity contribution in [3.63, 3.8) is 0 Å². The highest BCUT2D eigenvalue weighted by atomic mass is 35.5. The van der Waals surface area contributed by atoms with E-state index in [2.05, 4.69) is 0 Å². The van der Waals surface area contributed by atoms with E-state index in [9.17, 15) is 14.7 Å². The Morgan fingerprint density at radius 2 is 1.57 bits per heavy atom. The Morgan fingerprint density at radius 1 is 0.952 bits per heavy atom. The molecular weight excluding hydrogens is 292 g/mol. The average Bonchev–Trinajstić information content (AvgIpc) is 2.45. The number of carboxylic acid groups (broad SMARTS) is 1. The Bertz CT molecular complexity index is 677. The summed E-state index contributed by atoms with van der Waals surface area (Å²) in [4.78, 5) is 22.3. The molecule has 0 atom stereocenters. The second kappa shape index (κ2) is 6.41. The molecule has 0 amide bonds. The number of Topliss-reactive ketones (excluding diaryl/α,β-unsaturated/α-hetero) is 1. The zero-order chi connectivity index (χ0) is 15.4. The average molecular weight is 305 g/mol. The fourth-order valence-electron chi connectivity index (χ4n) is 1.94. The van der Waals surface area contributed by atoms with E-state index < -0.39 is 11.8 Å². The van der Waals surface area contributed by atoms with Gasteiger partial charge in [-0.05, 0) is 35.4 Å². The lowest BCUT2D eigenvalue weighted by Gasteiger charge is -2.07. The molecule has 0 radical (unpaired) electrons. The first-order valence-corrected chi connectivity index (χ1v) is 6.69. The second-order valence-electron chi connectivity index (χ2n) is 4.56. The van der Waals surface area contributed by atoms with Crippen LogP contribution in [-0.4, -0.2) is 22.0 Å². The number of carbonyl (C=O) groups is 2. The number of phenolic OH excluding ortho intramolecular Hbond substituents is 1. The quantitative estimate of drug-likeness (QED) is 0.825. The highest BCUT2D eigenvalue weighted by Gasteiger charge is 2.13. The lowest BCUT2D eigenvalue weighted by molar-refractivity contribution is -0.136. The number of aliphatic carboxylic acids is 1. The van der Waals surface area contributed by atoms with Crippen molar-refractivity contribution in [1.29, 1.82) is 0 Å². The Labute approximate surface area is 126 Å². The molecule has 0 bridgehead atoms. The van der Waals surface area contributed by atoms with Gasteiger partial charge in [-0.25, -0.2) is 0 Å². The molecule has 0 aliphatic rings. The van der Waals surface area contributed by atoms with E-state index in [0.29, 0.717) is 5.02 Å². The lowest BCUT2D eigenvalue weighted by Crippen LogP contribution is -2.04. The van der Waals surface area contributed by atoms with Crippen LogP contribution in [0.2, 0.25) is 5.02 Å². The molecule has 0 fully saturated rings. The summed E-state index contributed by atoms with van der Waals surface area (Å²) in [6.45, 7) is 0. The normalized spacial score (nSPS) is 10.3. The van der Waals surface area contributed by atoms with Crippen LogP contribution in [0.1, 0.15) is 23.2 Å². The van der Waals surface area contributed by atoms with Crippen LogP contribution in [0.25, 0.3) is 11.1 Å². The number of hydrogen-bond donors (Lipinski definition) is 2. The van der Waals surface area contributed by atoms with E-state index in [1.165, 1.54) is 12.1 Å². The lowest BCUT2D eigenvalue weighted by atomic mass is 10.00. The number of benzene rings is 2. The van der Waals surface area contributed by atoms with Gasteiger partial charge in [0, 0.05) is 11.4 Å². The SMILES string of the molecule is O=C(O)CCC(=O)c1ccc(-c2ccc(Cl)cc2)cc1O. The number of halogens is 1. The molecule has 0 aliphatic carbocycles. The summed E-state index contributed by atoms with van der Waals surface area (Å²) < 4.78 is 0. The maximum atomic E-state index is 11.8.